The molecule has 0 fully saturated rings. The van der Waals surface area contributed by atoms with Crippen LogP contribution in [0.5, 0.6) is 5.75 Å². The topological polar surface area (TPSA) is 92.7 Å². The average Bonchev–Trinajstić information content (AvgIpc) is 2.47. The molecule has 0 aliphatic rings. The van der Waals surface area contributed by atoms with Crippen molar-refractivity contribution in [3.63, 3.8) is 0 Å². The highest BCUT2D eigenvalue weighted by Gasteiger charge is 2.14. The van der Waals surface area contributed by atoms with Crippen molar-refractivity contribution in [3.8, 4) is 5.75 Å². The molecule has 21 heavy (non-hydrogen) atoms. The molecule has 0 aliphatic heterocycles. The van der Waals surface area contributed by atoms with E-state index in [0.29, 0.717) is 17.7 Å². The number of methoxy groups -OCH3 is 1. The minimum Gasteiger partial charge on any atom is -0.497 e. The van der Waals surface area contributed by atoms with Crippen molar-refractivity contribution in [1.29, 1.82) is 0 Å². The summed E-state index contributed by atoms with van der Waals surface area (Å²) in [5.41, 5.74) is 0.565. The lowest BCUT2D eigenvalue weighted by Gasteiger charge is -2.08. The van der Waals surface area contributed by atoms with Gasteiger partial charge < -0.3 is 15.2 Å². The van der Waals surface area contributed by atoms with E-state index in [1.807, 2.05) is 0 Å². The average molecular weight is 293 g/mol. The van der Waals surface area contributed by atoms with Gasteiger partial charge in [0.1, 0.15) is 11.8 Å². The zero-order valence-electron chi connectivity index (χ0n) is 12.1. The third kappa shape index (κ3) is 5.64. The maximum absolute atomic E-state index is 11.9. The first-order chi connectivity index (χ1) is 9.93. The summed E-state index contributed by atoms with van der Waals surface area (Å²) >= 11 is 0. The number of amides is 1. The fraction of sp³-hybridized carbons (Fsp3) is 0.400. The van der Waals surface area contributed by atoms with Gasteiger partial charge in [-0.3, -0.25) is 14.4 Å². The van der Waals surface area contributed by atoms with E-state index in [-0.39, 0.29) is 24.5 Å². The molecule has 0 unspecified atom stereocenters. The predicted molar refractivity (Wildman–Crippen MR) is 76.4 cm³/mol. The van der Waals surface area contributed by atoms with Gasteiger partial charge >= 0.3 is 5.97 Å². The van der Waals surface area contributed by atoms with Crippen molar-refractivity contribution in [3.05, 3.63) is 29.8 Å². The fourth-order valence-corrected chi connectivity index (χ4v) is 1.71. The standard InChI is InChI=1S/C15H19NO5/c1-10(15(19)20)16-14(18)5-3-4-13(17)11-6-8-12(21-2)9-7-11/h6-10H,3-5H2,1-2H3,(H,16,18)(H,19,20)/t10-/m1/s1. The molecule has 0 radical (unpaired) electrons. The Morgan fingerprint density at radius 2 is 1.81 bits per heavy atom. The number of carbonyl (C=O) groups is 3. The Balaban J connectivity index is 2.36. The Kier molecular flexibility index (Phi) is 6.39. The molecule has 1 aromatic rings. The SMILES string of the molecule is COc1ccc(C(=O)CCCC(=O)N[C@H](C)C(=O)O)cc1. The molecule has 0 bridgehead atoms. The molecule has 114 valence electrons. The smallest absolute Gasteiger partial charge is 0.325 e. The molecule has 6 nitrogen and oxygen atoms in total. The lowest BCUT2D eigenvalue weighted by atomic mass is 10.1. The Morgan fingerprint density at radius 1 is 1.19 bits per heavy atom. The summed E-state index contributed by atoms with van der Waals surface area (Å²) < 4.78 is 5.01. The van der Waals surface area contributed by atoms with Gasteiger partial charge in [-0.2, -0.15) is 0 Å². The first-order valence-corrected chi connectivity index (χ1v) is 6.63. The van der Waals surface area contributed by atoms with Crippen LogP contribution in [0.3, 0.4) is 0 Å². The fourth-order valence-electron chi connectivity index (χ4n) is 1.71. The van der Waals surface area contributed by atoms with Crippen LogP contribution in [0, 0.1) is 0 Å². The van der Waals surface area contributed by atoms with Gasteiger partial charge in [0.25, 0.3) is 0 Å². The molecule has 2 N–H and O–H groups in total. The number of carbonyl (C=O) groups excluding carboxylic acids is 2. The molecule has 0 saturated carbocycles. The van der Waals surface area contributed by atoms with E-state index in [1.54, 1.807) is 31.4 Å². The lowest BCUT2D eigenvalue weighted by Crippen LogP contribution is -2.38. The summed E-state index contributed by atoms with van der Waals surface area (Å²) in [6, 6.07) is 5.83. The minimum atomic E-state index is -1.09. The van der Waals surface area contributed by atoms with Crippen molar-refractivity contribution < 1.29 is 24.2 Å². The van der Waals surface area contributed by atoms with Crippen molar-refractivity contribution >= 4 is 17.7 Å². The first-order valence-electron chi connectivity index (χ1n) is 6.63. The van der Waals surface area contributed by atoms with Crippen LogP contribution >= 0.6 is 0 Å². The van der Waals surface area contributed by atoms with Crippen LogP contribution < -0.4 is 10.1 Å². The van der Waals surface area contributed by atoms with E-state index < -0.39 is 12.0 Å². The van der Waals surface area contributed by atoms with Gasteiger partial charge in [0.15, 0.2) is 5.78 Å². The summed E-state index contributed by atoms with van der Waals surface area (Å²) in [5, 5.41) is 11.0. The molecule has 0 spiro atoms. The number of carboxylic acids is 1. The highest BCUT2D eigenvalue weighted by molar-refractivity contribution is 5.96. The normalized spacial score (nSPS) is 11.5. The highest BCUT2D eigenvalue weighted by atomic mass is 16.5. The number of carboxylic acid groups (broad SMARTS) is 1. The number of nitrogens with one attached hydrogen (secondary N) is 1. The molecule has 0 saturated heterocycles. The number of benzene rings is 1. The van der Waals surface area contributed by atoms with Crippen LogP contribution in [0.15, 0.2) is 24.3 Å². The van der Waals surface area contributed by atoms with Crippen LogP contribution in [0.2, 0.25) is 0 Å². The second-order valence-corrected chi connectivity index (χ2v) is 4.63. The zero-order chi connectivity index (χ0) is 15.8. The van der Waals surface area contributed by atoms with E-state index in [9.17, 15) is 14.4 Å². The van der Waals surface area contributed by atoms with Crippen LogP contribution in [-0.2, 0) is 9.59 Å². The number of Topliss-reactive ketones (excluding diaryl/α,β-unsaturated/α-hetero) is 1. The van der Waals surface area contributed by atoms with Crippen molar-refractivity contribution in [2.24, 2.45) is 0 Å². The Hall–Kier alpha value is -2.37. The molecule has 6 heteroatoms. The molecule has 1 amide bonds. The molecular weight excluding hydrogens is 274 g/mol. The second-order valence-electron chi connectivity index (χ2n) is 4.63. The molecule has 0 heterocycles. The zero-order valence-corrected chi connectivity index (χ0v) is 12.1. The van der Waals surface area contributed by atoms with E-state index >= 15 is 0 Å². The molecule has 1 atom stereocenters. The molecule has 0 aromatic heterocycles. The van der Waals surface area contributed by atoms with E-state index in [0.717, 1.165) is 0 Å². The molecule has 1 aromatic carbocycles. The van der Waals surface area contributed by atoms with Crippen LogP contribution in [0.4, 0.5) is 0 Å². The highest BCUT2D eigenvalue weighted by Crippen LogP contribution is 2.13. The maximum Gasteiger partial charge on any atom is 0.325 e. The van der Waals surface area contributed by atoms with Crippen molar-refractivity contribution in [2.45, 2.75) is 32.2 Å². The molecule has 1 rings (SSSR count). The van der Waals surface area contributed by atoms with Crippen LogP contribution in [0.1, 0.15) is 36.5 Å². The summed E-state index contributed by atoms with van der Waals surface area (Å²) in [6.07, 6.45) is 0.740. The summed E-state index contributed by atoms with van der Waals surface area (Å²) in [5.74, 6) is -0.838. The Labute approximate surface area is 123 Å². The Bertz CT molecular complexity index is 509. The van der Waals surface area contributed by atoms with Crippen LogP contribution in [-0.4, -0.2) is 35.9 Å². The number of rotatable bonds is 8. The monoisotopic (exact) mass is 293 g/mol. The lowest BCUT2D eigenvalue weighted by molar-refractivity contribution is -0.141. The summed E-state index contributed by atoms with van der Waals surface area (Å²) in [6.45, 7) is 1.39. The van der Waals surface area contributed by atoms with Crippen molar-refractivity contribution in [1.82, 2.24) is 5.32 Å². The third-order valence-electron chi connectivity index (χ3n) is 2.97. The van der Waals surface area contributed by atoms with Gasteiger partial charge in [0, 0.05) is 18.4 Å². The van der Waals surface area contributed by atoms with Gasteiger partial charge in [0.05, 0.1) is 7.11 Å². The third-order valence-corrected chi connectivity index (χ3v) is 2.97. The van der Waals surface area contributed by atoms with Gasteiger partial charge in [-0.25, -0.2) is 0 Å². The van der Waals surface area contributed by atoms with Gasteiger partial charge in [-0.05, 0) is 37.6 Å². The minimum absolute atomic E-state index is 0.0586. The second kappa shape index (κ2) is 8.04. The largest absolute Gasteiger partial charge is 0.497 e. The summed E-state index contributed by atoms with van der Waals surface area (Å²) in [4.78, 5) is 33.9. The maximum atomic E-state index is 11.9. The Morgan fingerprint density at radius 3 is 2.33 bits per heavy atom. The predicted octanol–water partition coefficient (Wildman–Crippen LogP) is 1.64. The van der Waals surface area contributed by atoms with Gasteiger partial charge in [-0.15, -0.1) is 0 Å². The number of hydrogen-bond acceptors (Lipinski definition) is 4. The summed E-state index contributed by atoms with van der Waals surface area (Å²) in [7, 11) is 1.55. The number of ether oxygens (including phenoxy) is 1. The first kappa shape index (κ1) is 16.7. The molecular formula is C15H19NO5. The number of ketones is 1. The number of aliphatic carboxylic acids is 1. The van der Waals surface area contributed by atoms with Crippen molar-refractivity contribution in [2.75, 3.05) is 7.11 Å². The van der Waals surface area contributed by atoms with E-state index in [1.165, 1.54) is 6.92 Å². The van der Waals surface area contributed by atoms with E-state index in [4.69, 9.17) is 9.84 Å². The van der Waals surface area contributed by atoms with E-state index in [2.05, 4.69) is 5.32 Å². The van der Waals surface area contributed by atoms with Crippen LogP contribution in [0.25, 0.3) is 0 Å². The van der Waals surface area contributed by atoms with Gasteiger partial charge in [-0.1, -0.05) is 0 Å². The number of hydrogen-bond donors (Lipinski definition) is 2. The quantitative estimate of drug-likeness (QED) is 0.711. The molecule has 0 aliphatic carbocycles. The van der Waals surface area contributed by atoms with Gasteiger partial charge in [0.2, 0.25) is 5.91 Å².